The Kier molecular flexibility index (Phi) is 4.57. The van der Waals surface area contributed by atoms with Gasteiger partial charge in [0.15, 0.2) is 0 Å². The van der Waals surface area contributed by atoms with Gasteiger partial charge in [-0.05, 0) is 26.0 Å². The third kappa shape index (κ3) is 3.08. The molecule has 10 heteroatoms. The zero-order chi connectivity index (χ0) is 18.8. The van der Waals surface area contributed by atoms with Crippen LogP contribution in [0.4, 0.5) is 5.69 Å². The Morgan fingerprint density at radius 1 is 1.27 bits per heavy atom. The molecule has 0 aliphatic rings. The second-order valence-electron chi connectivity index (χ2n) is 5.51. The van der Waals surface area contributed by atoms with Gasteiger partial charge in [0, 0.05) is 6.07 Å². The summed E-state index contributed by atoms with van der Waals surface area (Å²) in [7, 11) is 3.10. The van der Waals surface area contributed by atoms with Crippen molar-refractivity contribution in [2.75, 3.05) is 14.2 Å². The first kappa shape index (κ1) is 17.4. The Bertz CT molecular complexity index is 962. The number of hydrogen-bond donors (Lipinski definition) is 0. The van der Waals surface area contributed by atoms with Gasteiger partial charge in [-0.2, -0.15) is 10.1 Å². The third-order valence-corrected chi connectivity index (χ3v) is 3.93. The van der Waals surface area contributed by atoms with E-state index < -0.39 is 4.92 Å². The number of aryl methyl sites for hydroxylation is 1. The lowest BCUT2D eigenvalue weighted by Crippen LogP contribution is -2.04. The zero-order valence-corrected chi connectivity index (χ0v) is 14.7. The summed E-state index contributed by atoms with van der Waals surface area (Å²) in [6.07, 6.45) is 0. The Balaban J connectivity index is 1.90. The maximum atomic E-state index is 11.1. The van der Waals surface area contributed by atoms with Crippen molar-refractivity contribution in [3.63, 3.8) is 0 Å². The van der Waals surface area contributed by atoms with Crippen LogP contribution in [0.5, 0.6) is 11.5 Å². The summed E-state index contributed by atoms with van der Waals surface area (Å²) in [6, 6.07) is 5.24. The second kappa shape index (κ2) is 6.82. The standard InChI is InChI=1S/C16H17N5O5/c1-9-15(21(22)23)10(2)20(18-9)8-14-17-16(19-26-14)12-6-5-11(24-3)7-13(12)25-4/h5-7H,8H2,1-4H3. The van der Waals surface area contributed by atoms with Gasteiger partial charge in [-0.15, -0.1) is 0 Å². The number of rotatable bonds is 6. The molecule has 0 bridgehead atoms. The van der Waals surface area contributed by atoms with E-state index in [9.17, 15) is 10.1 Å². The Morgan fingerprint density at radius 3 is 2.65 bits per heavy atom. The Labute approximate surface area is 148 Å². The molecule has 0 N–H and O–H groups in total. The normalized spacial score (nSPS) is 10.8. The zero-order valence-electron chi connectivity index (χ0n) is 14.7. The van der Waals surface area contributed by atoms with E-state index in [4.69, 9.17) is 14.0 Å². The van der Waals surface area contributed by atoms with Crippen LogP contribution in [0.3, 0.4) is 0 Å². The van der Waals surface area contributed by atoms with E-state index in [0.717, 1.165) is 0 Å². The van der Waals surface area contributed by atoms with Crippen molar-refractivity contribution in [2.45, 2.75) is 20.4 Å². The summed E-state index contributed by atoms with van der Waals surface area (Å²) >= 11 is 0. The summed E-state index contributed by atoms with van der Waals surface area (Å²) in [6.45, 7) is 3.34. The van der Waals surface area contributed by atoms with Crippen molar-refractivity contribution in [1.82, 2.24) is 19.9 Å². The minimum absolute atomic E-state index is 0.0124. The molecule has 3 aromatic rings. The fourth-order valence-electron chi connectivity index (χ4n) is 2.65. The molecule has 0 saturated carbocycles. The van der Waals surface area contributed by atoms with Crippen molar-refractivity contribution in [3.8, 4) is 22.9 Å². The summed E-state index contributed by atoms with van der Waals surface area (Å²) in [5.74, 6) is 1.80. The first-order valence-electron chi connectivity index (χ1n) is 7.68. The number of nitro groups is 1. The van der Waals surface area contributed by atoms with Crippen LogP contribution in [-0.4, -0.2) is 39.1 Å². The lowest BCUT2D eigenvalue weighted by molar-refractivity contribution is -0.386. The topological polar surface area (TPSA) is 118 Å². The van der Waals surface area contributed by atoms with Gasteiger partial charge in [0.2, 0.25) is 11.7 Å². The van der Waals surface area contributed by atoms with Crippen LogP contribution in [0.25, 0.3) is 11.4 Å². The smallest absolute Gasteiger partial charge is 0.312 e. The quantitative estimate of drug-likeness (QED) is 0.486. The molecule has 10 nitrogen and oxygen atoms in total. The van der Waals surface area contributed by atoms with E-state index in [0.29, 0.717) is 34.3 Å². The van der Waals surface area contributed by atoms with Crippen molar-refractivity contribution < 1.29 is 18.9 Å². The first-order chi connectivity index (χ1) is 12.4. The SMILES string of the molecule is COc1ccc(-c2noc(Cn3nc(C)c([N+](=O)[O-])c3C)n2)c(OC)c1. The van der Waals surface area contributed by atoms with Crippen LogP contribution >= 0.6 is 0 Å². The van der Waals surface area contributed by atoms with Gasteiger partial charge in [0.25, 0.3) is 0 Å². The lowest BCUT2D eigenvalue weighted by Gasteiger charge is -2.07. The van der Waals surface area contributed by atoms with Crippen LogP contribution in [0.15, 0.2) is 22.7 Å². The Morgan fingerprint density at radius 2 is 2.04 bits per heavy atom. The van der Waals surface area contributed by atoms with Crippen LogP contribution < -0.4 is 9.47 Å². The van der Waals surface area contributed by atoms with Crippen molar-refractivity contribution in [1.29, 1.82) is 0 Å². The predicted octanol–water partition coefficient (Wildman–Crippen LogP) is 2.52. The minimum atomic E-state index is -0.449. The molecule has 26 heavy (non-hydrogen) atoms. The fourth-order valence-corrected chi connectivity index (χ4v) is 2.65. The third-order valence-electron chi connectivity index (χ3n) is 3.93. The monoisotopic (exact) mass is 359 g/mol. The van der Waals surface area contributed by atoms with Gasteiger partial charge in [0.1, 0.15) is 29.4 Å². The number of methoxy groups -OCH3 is 2. The largest absolute Gasteiger partial charge is 0.497 e. The molecule has 0 unspecified atom stereocenters. The van der Waals surface area contributed by atoms with Crippen LogP contribution in [0.1, 0.15) is 17.3 Å². The Hall–Kier alpha value is -3.43. The molecule has 0 fully saturated rings. The first-order valence-corrected chi connectivity index (χ1v) is 7.68. The van der Waals surface area contributed by atoms with E-state index in [1.165, 1.54) is 11.8 Å². The van der Waals surface area contributed by atoms with E-state index in [2.05, 4.69) is 15.2 Å². The van der Waals surface area contributed by atoms with Gasteiger partial charge in [-0.1, -0.05) is 5.16 Å². The number of hydrogen-bond acceptors (Lipinski definition) is 8. The van der Waals surface area contributed by atoms with Crippen molar-refractivity contribution in [2.24, 2.45) is 0 Å². The molecule has 2 aromatic heterocycles. The average molecular weight is 359 g/mol. The van der Waals surface area contributed by atoms with E-state index in [1.807, 2.05) is 0 Å². The molecule has 0 radical (unpaired) electrons. The van der Waals surface area contributed by atoms with Gasteiger partial charge < -0.3 is 14.0 Å². The number of ether oxygens (including phenoxy) is 2. The highest BCUT2D eigenvalue weighted by Crippen LogP contribution is 2.31. The number of benzene rings is 1. The number of nitrogens with zero attached hydrogens (tertiary/aromatic N) is 5. The maximum absolute atomic E-state index is 11.1. The summed E-state index contributed by atoms with van der Waals surface area (Å²) in [5, 5.41) is 19.2. The molecule has 0 saturated heterocycles. The molecular weight excluding hydrogens is 342 g/mol. The minimum Gasteiger partial charge on any atom is -0.497 e. The summed E-state index contributed by atoms with van der Waals surface area (Å²) in [5.41, 5.74) is 1.39. The number of aromatic nitrogens is 4. The van der Waals surface area contributed by atoms with E-state index in [1.54, 1.807) is 39.2 Å². The van der Waals surface area contributed by atoms with Crippen molar-refractivity contribution >= 4 is 5.69 Å². The average Bonchev–Trinajstić information content (AvgIpc) is 3.19. The van der Waals surface area contributed by atoms with Crippen LogP contribution in [0, 0.1) is 24.0 Å². The maximum Gasteiger partial charge on any atom is 0.312 e. The molecule has 0 aliphatic heterocycles. The highest BCUT2D eigenvalue weighted by molar-refractivity contribution is 5.65. The molecule has 0 spiro atoms. The fraction of sp³-hybridized carbons (Fsp3) is 0.312. The summed E-state index contributed by atoms with van der Waals surface area (Å²) < 4.78 is 17.2. The van der Waals surface area contributed by atoms with Crippen LogP contribution in [0.2, 0.25) is 0 Å². The lowest BCUT2D eigenvalue weighted by atomic mass is 10.2. The van der Waals surface area contributed by atoms with Gasteiger partial charge >= 0.3 is 5.69 Å². The molecule has 0 aliphatic carbocycles. The molecular formula is C16H17N5O5. The van der Waals surface area contributed by atoms with Gasteiger partial charge in [-0.3, -0.25) is 14.8 Å². The van der Waals surface area contributed by atoms with Crippen LogP contribution in [-0.2, 0) is 6.54 Å². The second-order valence-corrected chi connectivity index (χ2v) is 5.51. The molecule has 1 aromatic carbocycles. The molecule has 0 atom stereocenters. The predicted molar refractivity (Wildman–Crippen MR) is 90.3 cm³/mol. The van der Waals surface area contributed by atoms with Gasteiger partial charge in [0.05, 0.1) is 24.7 Å². The van der Waals surface area contributed by atoms with E-state index in [-0.39, 0.29) is 18.1 Å². The molecule has 3 rings (SSSR count). The summed E-state index contributed by atoms with van der Waals surface area (Å²) in [4.78, 5) is 15.0. The van der Waals surface area contributed by atoms with Gasteiger partial charge in [-0.25, -0.2) is 0 Å². The molecule has 0 amide bonds. The molecule has 136 valence electrons. The molecule has 2 heterocycles. The highest BCUT2D eigenvalue weighted by atomic mass is 16.6. The van der Waals surface area contributed by atoms with Crippen molar-refractivity contribution in [3.05, 3.63) is 45.6 Å². The van der Waals surface area contributed by atoms with E-state index >= 15 is 0 Å². The highest BCUT2D eigenvalue weighted by Gasteiger charge is 2.23.